The standard InChI is InChI=1S/C12H16ClN3O/c13-10-7-16-11(14)6-9(10)12(17)15-5-1-2-8-3-4-8/h6-8H,1-5H2,(H2,14,16)(H,15,17). The minimum absolute atomic E-state index is 0.181. The molecule has 1 saturated carbocycles. The molecule has 5 heteroatoms. The largest absolute Gasteiger partial charge is 0.384 e. The number of amides is 1. The van der Waals surface area contributed by atoms with Gasteiger partial charge in [-0.1, -0.05) is 24.4 Å². The molecule has 1 aromatic heterocycles. The van der Waals surface area contributed by atoms with Crippen molar-refractivity contribution in [3.63, 3.8) is 0 Å². The van der Waals surface area contributed by atoms with Gasteiger partial charge in [-0.15, -0.1) is 0 Å². The molecule has 0 aromatic carbocycles. The van der Waals surface area contributed by atoms with Gasteiger partial charge in [0.05, 0.1) is 10.6 Å². The number of nitrogens with one attached hydrogen (secondary N) is 1. The number of nitrogen functional groups attached to an aromatic ring is 1. The predicted octanol–water partition coefficient (Wildman–Crippen LogP) is 2.24. The van der Waals surface area contributed by atoms with Gasteiger partial charge in [0.1, 0.15) is 5.82 Å². The van der Waals surface area contributed by atoms with Crippen LogP contribution in [0.5, 0.6) is 0 Å². The molecule has 4 nitrogen and oxygen atoms in total. The zero-order valence-electron chi connectivity index (χ0n) is 9.58. The molecular formula is C12H16ClN3O. The summed E-state index contributed by atoms with van der Waals surface area (Å²) in [5.74, 6) is 1.02. The molecule has 0 atom stereocenters. The van der Waals surface area contributed by atoms with E-state index in [4.69, 9.17) is 17.3 Å². The van der Waals surface area contributed by atoms with Crippen LogP contribution in [0.2, 0.25) is 5.02 Å². The fourth-order valence-corrected chi connectivity index (χ4v) is 1.91. The summed E-state index contributed by atoms with van der Waals surface area (Å²) in [5, 5.41) is 3.18. The van der Waals surface area contributed by atoms with Crippen molar-refractivity contribution in [3.8, 4) is 0 Å². The molecule has 1 heterocycles. The van der Waals surface area contributed by atoms with Crippen LogP contribution in [0.3, 0.4) is 0 Å². The molecule has 92 valence electrons. The third-order valence-electron chi connectivity index (χ3n) is 2.89. The normalized spacial score (nSPS) is 14.6. The number of anilines is 1. The van der Waals surface area contributed by atoms with Crippen molar-refractivity contribution < 1.29 is 4.79 Å². The first-order valence-corrected chi connectivity index (χ1v) is 6.24. The molecule has 1 fully saturated rings. The molecule has 1 aromatic rings. The molecule has 1 aliphatic rings. The van der Waals surface area contributed by atoms with E-state index in [1.165, 1.54) is 31.5 Å². The second-order valence-electron chi connectivity index (χ2n) is 4.43. The molecule has 0 radical (unpaired) electrons. The fraction of sp³-hybridized carbons (Fsp3) is 0.500. The van der Waals surface area contributed by atoms with Gasteiger partial charge in [0.15, 0.2) is 0 Å². The molecule has 0 saturated heterocycles. The highest BCUT2D eigenvalue weighted by molar-refractivity contribution is 6.33. The van der Waals surface area contributed by atoms with Crippen LogP contribution in [0, 0.1) is 5.92 Å². The van der Waals surface area contributed by atoms with Crippen LogP contribution in [-0.2, 0) is 0 Å². The van der Waals surface area contributed by atoms with Crippen molar-refractivity contribution in [1.29, 1.82) is 0 Å². The number of hydrogen-bond donors (Lipinski definition) is 2. The lowest BCUT2D eigenvalue weighted by Crippen LogP contribution is -2.25. The number of carbonyl (C=O) groups is 1. The van der Waals surface area contributed by atoms with Crippen molar-refractivity contribution in [3.05, 3.63) is 22.8 Å². The Balaban J connectivity index is 1.82. The minimum Gasteiger partial charge on any atom is -0.384 e. The summed E-state index contributed by atoms with van der Waals surface area (Å²) in [6.07, 6.45) is 6.32. The lowest BCUT2D eigenvalue weighted by molar-refractivity contribution is 0.0953. The molecule has 0 bridgehead atoms. The average Bonchev–Trinajstić information content (AvgIpc) is 3.11. The molecule has 0 aliphatic heterocycles. The third kappa shape index (κ3) is 3.60. The molecule has 3 N–H and O–H groups in total. The van der Waals surface area contributed by atoms with Gasteiger partial charge < -0.3 is 11.1 Å². The van der Waals surface area contributed by atoms with Gasteiger partial charge in [-0.05, 0) is 24.8 Å². The van der Waals surface area contributed by atoms with E-state index in [9.17, 15) is 4.79 Å². The maximum atomic E-state index is 11.8. The van der Waals surface area contributed by atoms with E-state index in [2.05, 4.69) is 10.3 Å². The molecule has 17 heavy (non-hydrogen) atoms. The quantitative estimate of drug-likeness (QED) is 0.791. The summed E-state index contributed by atoms with van der Waals surface area (Å²) >= 11 is 5.89. The van der Waals surface area contributed by atoms with Gasteiger partial charge in [-0.2, -0.15) is 0 Å². The van der Waals surface area contributed by atoms with Gasteiger partial charge in [0, 0.05) is 12.7 Å². The number of nitrogens with zero attached hydrogens (tertiary/aromatic N) is 1. The number of carbonyl (C=O) groups excluding carboxylic acids is 1. The van der Waals surface area contributed by atoms with E-state index >= 15 is 0 Å². The van der Waals surface area contributed by atoms with Crippen LogP contribution in [0.4, 0.5) is 5.82 Å². The van der Waals surface area contributed by atoms with Crippen LogP contribution in [0.25, 0.3) is 0 Å². The SMILES string of the molecule is Nc1cc(C(=O)NCCCC2CC2)c(Cl)cn1. The fourth-order valence-electron chi connectivity index (χ4n) is 1.72. The Bertz CT molecular complexity index is 418. The summed E-state index contributed by atoms with van der Waals surface area (Å²) in [4.78, 5) is 15.6. The first kappa shape index (κ1) is 12.2. The number of halogens is 1. The molecular weight excluding hydrogens is 238 g/mol. The van der Waals surface area contributed by atoms with Crippen LogP contribution in [0.15, 0.2) is 12.3 Å². The van der Waals surface area contributed by atoms with E-state index < -0.39 is 0 Å². The lowest BCUT2D eigenvalue weighted by Gasteiger charge is -2.06. The molecule has 1 amide bonds. The minimum atomic E-state index is -0.181. The second-order valence-corrected chi connectivity index (χ2v) is 4.84. The first-order chi connectivity index (χ1) is 8.16. The maximum absolute atomic E-state index is 11.8. The van der Waals surface area contributed by atoms with Crippen molar-refractivity contribution in [2.24, 2.45) is 5.92 Å². The highest BCUT2D eigenvalue weighted by Crippen LogP contribution is 2.33. The summed E-state index contributed by atoms with van der Waals surface area (Å²) in [6.45, 7) is 0.688. The van der Waals surface area contributed by atoms with E-state index in [0.29, 0.717) is 22.9 Å². The second kappa shape index (κ2) is 5.36. The Morgan fingerprint density at radius 3 is 3.06 bits per heavy atom. The Morgan fingerprint density at radius 1 is 1.59 bits per heavy atom. The number of aromatic nitrogens is 1. The topological polar surface area (TPSA) is 68.0 Å². The van der Waals surface area contributed by atoms with Crippen LogP contribution >= 0.6 is 11.6 Å². The highest BCUT2D eigenvalue weighted by atomic mass is 35.5. The van der Waals surface area contributed by atoms with Gasteiger partial charge in [0.25, 0.3) is 5.91 Å². The Morgan fingerprint density at radius 2 is 2.35 bits per heavy atom. The van der Waals surface area contributed by atoms with Gasteiger partial charge in [0.2, 0.25) is 0 Å². The Hall–Kier alpha value is -1.29. The zero-order valence-corrected chi connectivity index (χ0v) is 10.3. The monoisotopic (exact) mass is 253 g/mol. The van der Waals surface area contributed by atoms with Crippen LogP contribution in [0.1, 0.15) is 36.0 Å². The predicted molar refractivity (Wildman–Crippen MR) is 68.0 cm³/mol. The summed E-state index contributed by atoms with van der Waals surface area (Å²) in [7, 11) is 0. The van der Waals surface area contributed by atoms with Gasteiger partial charge in [-0.25, -0.2) is 4.98 Å². The molecule has 2 rings (SSSR count). The van der Waals surface area contributed by atoms with Crippen molar-refractivity contribution in [2.75, 3.05) is 12.3 Å². The number of rotatable bonds is 5. The maximum Gasteiger partial charge on any atom is 0.252 e. The van der Waals surface area contributed by atoms with Gasteiger partial charge in [-0.3, -0.25) is 4.79 Å². The number of pyridine rings is 1. The Labute approximate surface area is 106 Å². The Kier molecular flexibility index (Phi) is 3.84. The van der Waals surface area contributed by atoms with E-state index in [-0.39, 0.29) is 5.91 Å². The average molecular weight is 254 g/mol. The summed E-state index contributed by atoms with van der Waals surface area (Å²) in [6, 6.07) is 1.50. The lowest BCUT2D eigenvalue weighted by atomic mass is 10.2. The van der Waals surface area contributed by atoms with E-state index in [1.54, 1.807) is 0 Å². The first-order valence-electron chi connectivity index (χ1n) is 5.86. The van der Waals surface area contributed by atoms with Crippen molar-refractivity contribution in [2.45, 2.75) is 25.7 Å². The zero-order chi connectivity index (χ0) is 12.3. The van der Waals surface area contributed by atoms with Crippen molar-refractivity contribution >= 4 is 23.3 Å². The summed E-state index contributed by atoms with van der Waals surface area (Å²) in [5.41, 5.74) is 5.91. The molecule has 1 aliphatic carbocycles. The summed E-state index contributed by atoms with van der Waals surface area (Å²) < 4.78 is 0. The molecule has 0 unspecified atom stereocenters. The number of nitrogens with two attached hydrogens (primary N) is 1. The van der Waals surface area contributed by atoms with E-state index in [1.807, 2.05) is 0 Å². The van der Waals surface area contributed by atoms with Crippen LogP contribution in [-0.4, -0.2) is 17.4 Å². The number of hydrogen-bond acceptors (Lipinski definition) is 3. The molecule has 0 spiro atoms. The third-order valence-corrected chi connectivity index (χ3v) is 3.19. The van der Waals surface area contributed by atoms with E-state index in [0.717, 1.165) is 12.3 Å². The van der Waals surface area contributed by atoms with Crippen LogP contribution < -0.4 is 11.1 Å². The van der Waals surface area contributed by atoms with Crippen molar-refractivity contribution in [1.82, 2.24) is 10.3 Å². The highest BCUT2D eigenvalue weighted by Gasteiger charge is 2.20. The smallest absolute Gasteiger partial charge is 0.252 e. The van der Waals surface area contributed by atoms with Gasteiger partial charge >= 0.3 is 0 Å².